The summed E-state index contributed by atoms with van der Waals surface area (Å²) < 4.78 is 25.4. The second-order valence-corrected chi connectivity index (χ2v) is 6.70. The van der Waals surface area contributed by atoms with Crippen molar-refractivity contribution in [2.45, 2.75) is 37.8 Å². The zero-order valence-corrected chi connectivity index (χ0v) is 11.5. The van der Waals surface area contributed by atoms with E-state index in [2.05, 4.69) is 21.2 Å². The Kier molecular flexibility index (Phi) is 4.52. The van der Waals surface area contributed by atoms with Crippen molar-refractivity contribution in [1.29, 1.82) is 0 Å². The molecule has 1 aromatic rings. The Morgan fingerprint density at radius 1 is 1.59 bits per heavy atom. The smallest absolute Gasteiger partial charge is 0.265 e. The van der Waals surface area contributed by atoms with Crippen LogP contribution in [0, 0.1) is 0 Å². The number of alkyl halides is 2. The Balaban J connectivity index is 1.99. The molecular formula is C11H14BrF2NOS. The van der Waals surface area contributed by atoms with Crippen LogP contribution in [0.4, 0.5) is 8.78 Å². The third-order valence-corrected chi connectivity index (χ3v) is 4.66. The molecule has 17 heavy (non-hydrogen) atoms. The molecule has 1 heterocycles. The summed E-state index contributed by atoms with van der Waals surface area (Å²) in [5.74, 6) is 0. The van der Waals surface area contributed by atoms with Gasteiger partial charge in [-0.15, -0.1) is 11.3 Å². The minimum absolute atomic E-state index is 0.0603. The van der Waals surface area contributed by atoms with Crippen LogP contribution in [0.2, 0.25) is 0 Å². The topological polar surface area (TPSA) is 32.3 Å². The first kappa shape index (κ1) is 13.4. The average Bonchev–Trinajstić information content (AvgIpc) is 2.66. The third-order valence-electron chi connectivity index (χ3n) is 2.95. The largest absolute Gasteiger partial charge is 0.386 e. The van der Waals surface area contributed by atoms with Gasteiger partial charge in [0.2, 0.25) is 0 Å². The summed E-state index contributed by atoms with van der Waals surface area (Å²) in [4.78, 5) is 1.31. The van der Waals surface area contributed by atoms with Crippen molar-refractivity contribution in [1.82, 2.24) is 5.32 Å². The Morgan fingerprint density at radius 3 is 3.06 bits per heavy atom. The first-order valence-electron chi connectivity index (χ1n) is 5.55. The summed E-state index contributed by atoms with van der Waals surface area (Å²) in [6.45, 7) is -0.0603. The number of aryl methyl sites for hydroxylation is 1. The minimum Gasteiger partial charge on any atom is -0.386 e. The molecule has 0 amide bonds. The van der Waals surface area contributed by atoms with Crippen molar-refractivity contribution < 1.29 is 13.9 Å². The molecule has 6 heteroatoms. The molecule has 0 bridgehead atoms. The summed E-state index contributed by atoms with van der Waals surface area (Å²) in [6, 6.07) is 2.14. The maximum atomic E-state index is 12.2. The minimum atomic E-state index is -2.68. The molecule has 0 saturated heterocycles. The Labute approximate surface area is 111 Å². The van der Waals surface area contributed by atoms with E-state index in [-0.39, 0.29) is 12.6 Å². The number of fused-ring (bicyclic) bond motifs is 1. The number of rotatable bonds is 4. The number of thiophene rings is 1. The van der Waals surface area contributed by atoms with Crippen molar-refractivity contribution >= 4 is 27.3 Å². The van der Waals surface area contributed by atoms with Gasteiger partial charge in [-0.05, 0) is 46.8 Å². The highest BCUT2D eigenvalue weighted by atomic mass is 79.9. The van der Waals surface area contributed by atoms with E-state index in [4.69, 9.17) is 5.11 Å². The summed E-state index contributed by atoms with van der Waals surface area (Å²) in [5, 5.41) is 12.1. The Hall–Kier alpha value is -0.0400. The van der Waals surface area contributed by atoms with Gasteiger partial charge in [0.15, 0.2) is 0 Å². The molecule has 2 nitrogen and oxygen atoms in total. The SMILES string of the molecule is OC(CNC1CCCc2sc(Br)cc21)C(F)F. The highest BCUT2D eigenvalue weighted by molar-refractivity contribution is 9.11. The summed E-state index contributed by atoms with van der Waals surface area (Å²) >= 11 is 5.15. The molecule has 0 spiro atoms. The highest BCUT2D eigenvalue weighted by Gasteiger charge is 2.24. The average molecular weight is 326 g/mol. The second-order valence-electron chi connectivity index (χ2n) is 4.18. The lowest BCUT2D eigenvalue weighted by Gasteiger charge is -2.24. The van der Waals surface area contributed by atoms with Crippen molar-refractivity contribution in [3.05, 3.63) is 20.3 Å². The van der Waals surface area contributed by atoms with Crippen LogP contribution in [0.3, 0.4) is 0 Å². The molecule has 1 aliphatic carbocycles. The highest BCUT2D eigenvalue weighted by Crippen LogP contribution is 2.37. The van der Waals surface area contributed by atoms with Gasteiger partial charge in [0.1, 0.15) is 6.10 Å². The van der Waals surface area contributed by atoms with E-state index < -0.39 is 12.5 Å². The van der Waals surface area contributed by atoms with Gasteiger partial charge in [-0.3, -0.25) is 0 Å². The van der Waals surface area contributed by atoms with Crippen LogP contribution in [-0.2, 0) is 6.42 Å². The van der Waals surface area contributed by atoms with Crippen molar-refractivity contribution in [3.8, 4) is 0 Å². The molecule has 0 aromatic carbocycles. The molecule has 1 aromatic heterocycles. The molecule has 0 aliphatic heterocycles. The van der Waals surface area contributed by atoms with Crippen molar-refractivity contribution in [2.75, 3.05) is 6.54 Å². The van der Waals surface area contributed by atoms with Crippen LogP contribution in [0.1, 0.15) is 29.3 Å². The molecule has 2 N–H and O–H groups in total. The first-order chi connectivity index (χ1) is 8.08. The lowest BCUT2D eigenvalue weighted by Crippen LogP contribution is -2.35. The number of hydrogen-bond donors (Lipinski definition) is 2. The lowest BCUT2D eigenvalue weighted by molar-refractivity contribution is -0.00489. The van der Waals surface area contributed by atoms with E-state index in [1.165, 1.54) is 10.4 Å². The molecule has 0 fully saturated rings. The number of aliphatic hydroxyl groups is 1. The van der Waals surface area contributed by atoms with E-state index in [0.717, 1.165) is 23.0 Å². The molecular weight excluding hydrogens is 312 g/mol. The number of nitrogens with one attached hydrogen (secondary N) is 1. The maximum Gasteiger partial charge on any atom is 0.265 e. The zero-order valence-electron chi connectivity index (χ0n) is 9.13. The quantitative estimate of drug-likeness (QED) is 0.891. The number of hydrogen-bond acceptors (Lipinski definition) is 3. The van der Waals surface area contributed by atoms with E-state index >= 15 is 0 Å². The predicted molar refractivity (Wildman–Crippen MR) is 67.7 cm³/mol. The van der Waals surface area contributed by atoms with Gasteiger partial charge in [0.25, 0.3) is 6.43 Å². The number of aliphatic hydroxyl groups excluding tert-OH is 1. The Morgan fingerprint density at radius 2 is 2.35 bits per heavy atom. The third kappa shape index (κ3) is 3.24. The summed E-state index contributed by atoms with van der Waals surface area (Å²) in [5.41, 5.74) is 1.19. The van der Waals surface area contributed by atoms with Crippen LogP contribution in [0.15, 0.2) is 9.85 Å². The number of halogens is 3. The van der Waals surface area contributed by atoms with E-state index in [9.17, 15) is 8.78 Å². The van der Waals surface area contributed by atoms with Crippen LogP contribution < -0.4 is 5.32 Å². The standard InChI is InChI=1S/C11H14BrF2NOS/c12-10-4-6-7(2-1-3-9(6)17-10)15-5-8(16)11(13)14/h4,7-8,11,15-16H,1-3,5H2. The molecule has 96 valence electrons. The summed E-state index contributed by atoms with van der Waals surface area (Å²) in [7, 11) is 0. The fraction of sp³-hybridized carbons (Fsp3) is 0.636. The maximum absolute atomic E-state index is 12.2. The van der Waals surface area contributed by atoms with Crippen LogP contribution >= 0.6 is 27.3 Å². The van der Waals surface area contributed by atoms with Crippen LogP contribution in [-0.4, -0.2) is 24.2 Å². The molecule has 2 atom stereocenters. The van der Waals surface area contributed by atoms with E-state index in [1.54, 1.807) is 11.3 Å². The van der Waals surface area contributed by atoms with Gasteiger partial charge in [-0.2, -0.15) is 0 Å². The molecule has 2 rings (SSSR count). The summed E-state index contributed by atoms with van der Waals surface area (Å²) in [6.07, 6.45) is -1.21. The van der Waals surface area contributed by atoms with Gasteiger partial charge >= 0.3 is 0 Å². The van der Waals surface area contributed by atoms with Crippen molar-refractivity contribution in [2.24, 2.45) is 0 Å². The lowest BCUT2D eigenvalue weighted by atomic mass is 9.94. The Bertz CT molecular complexity index is 386. The van der Waals surface area contributed by atoms with Gasteiger partial charge in [0, 0.05) is 17.5 Å². The van der Waals surface area contributed by atoms with Gasteiger partial charge in [-0.25, -0.2) is 8.78 Å². The normalized spacial score (nSPS) is 21.6. The molecule has 2 unspecified atom stereocenters. The van der Waals surface area contributed by atoms with Gasteiger partial charge in [-0.1, -0.05) is 0 Å². The zero-order chi connectivity index (χ0) is 12.4. The van der Waals surface area contributed by atoms with E-state index in [0.29, 0.717) is 0 Å². The van der Waals surface area contributed by atoms with Crippen LogP contribution in [0.5, 0.6) is 0 Å². The van der Waals surface area contributed by atoms with Crippen molar-refractivity contribution in [3.63, 3.8) is 0 Å². The second kappa shape index (κ2) is 5.73. The van der Waals surface area contributed by atoms with Gasteiger partial charge in [0.05, 0.1) is 3.79 Å². The monoisotopic (exact) mass is 325 g/mol. The fourth-order valence-electron chi connectivity index (χ4n) is 2.09. The molecule has 0 saturated carbocycles. The molecule has 0 radical (unpaired) electrons. The first-order valence-corrected chi connectivity index (χ1v) is 7.16. The predicted octanol–water partition coefficient (Wildman–Crippen LogP) is 3.10. The fourth-order valence-corrected chi connectivity index (χ4v) is 3.91. The molecule has 1 aliphatic rings. The van der Waals surface area contributed by atoms with E-state index in [1.807, 2.05) is 6.07 Å². The van der Waals surface area contributed by atoms with Crippen LogP contribution in [0.25, 0.3) is 0 Å². The van der Waals surface area contributed by atoms with Gasteiger partial charge < -0.3 is 10.4 Å².